The summed E-state index contributed by atoms with van der Waals surface area (Å²) >= 11 is 0. The maximum absolute atomic E-state index is 5.91. The number of furan rings is 1. The summed E-state index contributed by atoms with van der Waals surface area (Å²) in [5.74, 6) is 2.05. The molecule has 0 spiro atoms. The molecule has 0 amide bonds. The number of nitrogens with zero attached hydrogens (tertiary/aromatic N) is 1. The highest BCUT2D eigenvalue weighted by molar-refractivity contribution is 5.83. The van der Waals surface area contributed by atoms with Gasteiger partial charge in [-0.1, -0.05) is 30.3 Å². The highest BCUT2D eigenvalue weighted by Crippen LogP contribution is 2.21. The van der Waals surface area contributed by atoms with E-state index in [0.29, 0.717) is 6.61 Å². The van der Waals surface area contributed by atoms with Crippen LogP contribution in [0.15, 0.2) is 59.2 Å². The van der Waals surface area contributed by atoms with Gasteiger partial charge in [0, 0.05) is 13.1 Å². The van der Waals surface area contributed by atoms with Crippen LogP contribution in [-0.4, -0.2) is 24.6 Å². The second-order valence-corrected chi connectivity index (χ2v) is 5.75. The van der Waals surface area contributed by atoms with Crippen LogP contribution in [-0.2, 0) is 13.0 Å². The molecule has 1 aromatic heterocycles. The second-order valence-electron chi connectivity index (χ2n) is 5.75. The van der Waals surface area contributed by atoms with Crippen LogP contribution in [0.2, 0.25) is 0 Å². The monoisotopic (exact) mass is 293 g/mol. The number of hydrogen-bond donors (Lipinski definition) is 0. The Balaban J connectivity index is 1.34. The second kappa shape index (κ2) is 5.85. The van der Waals surface area contributed by atoms with E-state index in [1.165, 1.54) is 16.3 Å². The fourth-order valence-corrected chi connectivity index (χ4v) is 3.03. The summed E-state index contributed by atoms with van der Waals surface area (Å²) in [5.41, 5.74) is 1.35. The summed E-state index contributed by atoms with van der Waals surface area (Å²) in [4.78, 5) is 2.38. The first-order valence-corrected chi connectivity index (χ1v) is 7.78. The largest absolute Gasteiger partial charge is 0.492 e. The molecule has 0 atom stereocenters. The zero-order valence-electron chi connectivity index (χ0n) is 12.5. The normalized spacial score (nSPS) is 14.9. The molecule has 0 fully saturated rings. The third-order valence-electron chi connectivity index (χ3n) is 4.30. The molecule has 1 aliphatic heterocycles. The van der Waals surface area contributed by atoms with E-state index in [1.54, 1.807) is 6.26 Å². The van der Waals surface area contributed by atoms with Gasteiger partial charge in [-0.05, 0) is 41.0 Å². The van der Waals surface area contributed by atoms with Crippen molar-refractivity contribution < 1.29 is 9.15 Å². The quantitative estimate of drug-likeness (QED) is 0.730. The van der Waals surface area contributed by atoms with Gasteiger partial charge in [-0.15, -0.1) is 0 Å². The smallest absolute Gasteiger partial charge is 0.120 e. The Kier molecular flexibility index (Phi) is 3.57. The van der Waals surface area contributed by atoms with Crippen molar-refractivity contribution in [3.63, 3.8) is 0 Å². The van der Waals surface area contributed by atoms with Gasteiger partial charge in [0.05, 0.1) is 12.8 Å². The van der Waals surface area contributed by atoms with Crippen molar-refractivity contribution in [2.75, 3.05) is 19.7 Å². The van der Waals surface area contributed by atoms with Crippen molar-refractivity contribution in [3.8, 4) is 5.75 Å². The van der Waals surface area contributed by atoms with Gasteiger partial charge in [0.15, 0.2) is 0 Å². The average Bonchev–Trinajstić information content (AvgIpc) is 3.02. The van der Waals surface area contributed by atoms with Gasteiger partial charge in [0.2, 0.25) is 0 Å². The van der Waals surface area contributed by atoms with Crippen LogP contribution in [0.3, 0.4) is 0 Å². The molecule has 0 radical (unpaired) electrons. The van der Waals surface area contributed by atoms with Crippen LogP contribution in [0.5, 0.6) is 5.75 Å². The molecular weight excluding hydrogens is 274 g/mol. The lowest BCUT2D eigenvalue weighted by Gasteiger charge is -2.25. The Hall–Kier alpha value is -2.26. The summed E-state index contributed by atoms with van der Waals surface area (Å²) in [6, 6.07) is 16.7. The molecule has 1 aliphatic rings. The third kappa shape index (κ3) is 2.72. The van der Waals surface area contributed by atoms with Gasteiger partial charge in [-0.2, -0.15) is 0 Å². The Morgan fingerprint density at radius 2 is 1.95 bits per heavy atom. The standard InChI is InChI=1S/C19H19NO2/c1-2-4-17-13-18(6-5-15(17)3-1)21-12-10-20-9-7-16-8-11-22-19(16)14-20/h1-6,8,11,13H,7,9-10,12,14H2. The molecule has 0 unspecified atom stereocenters. The number of rotatable bonds is 4. The van der Waals surface area contributed by atoms with E-state index in [2.05, 4.69) is 47.4 Å². The highest BCUT2D eigenvalue weighted by Gasteiger charge is 2.18. The molecule has 3 aromatic rings. The highest BCUT2D eigenvalue weighted by atomic mass is 16.5. The molecule has 112 valence electrons. The zero-order chi connectivity index (χ0) is 14.8. The van der Waals surface area contributed by atoms with E-state index < -0.39 is 0 Å². The van der Waals surface area contributed by atoms with Crippen LogP contribution < -0.4 is 4.74 Å². The van der Waals surface area contributed by atoms with Gasteiger partial charge < -0.3 is 9.15 Å². The number of fused-ring (bicyclic) bond motifs is 2. The summed E-state index contributed by atoms with van der Waals surface area (Å²) in [7, 11) is 0. The van der Waals surface area contributed by atoms with Crippen LogP contribution in [0.25, 0.3) is 10.8 Å². The van der Waals surface area contributed by atoms with Gasteiger partial charge in [0.25, 0.3) is 0 Å². The Morgan fingerprint density at radius 1 is 1.05 bits per heavy atom. The van der Waals surface area contributed by atoms with E-state index in [0.717, 1.165) is 37.6 Å². The zero-order valence-corrected chi connectivity index (χ0v) is 12.5. The van der Waals surface area contributed by atoms with E-state index in [9.17, 15) is 0 Å². The maximum Gasteiger partial charge on any atom is 0.120 e. The van der Waals surface area contributed by atoms with E-state index >= 15 is 0 Å². The number of benzene rings is 2. The fourth-order valence-electron chi connectivity index (χ4n) is 3.03. The Labute approximate surface area is 130 Å². The van der Waals surface area contributed by atoms with Crippen molar-refractivity contribution in [1.82, 2.24) is 4.90 Å². The first-order valence-electron chi connectivity index (χ1n) is 7.78. The summed E-state index contributed by atoms with van der Waals surface area (Å²) < 4.78 is 11.4. The predicted molar refractivity (Wildman–Crippen MR) is 87.1 cm³/mol. The Bertz CT molecular complexity index is 778. The molecule has 0 saturated heterocycles. The fraction of sp³-hybridized carbons (Fsp3) is 0.263. The van der Waals surface area contributed by atoms with Gasteiger partial charge in [-0.25, -0.2) is 0 Å². The van der Waals surface area contributed by atoms with E-state index in [-0.39, 0.29) is 0 Å². The molecule has 0 N–H and O–H groups in total. The predicted octanol–water partition coefficient (Wildman–Crippen LogP) is 3.87. The molecule has 3 nitrogen and oxygen atoms in total. The lowest BCUT2D eigenvalue weighted by Crippen LogP contribution is -2.33. The molecule has 3 heteroatoms. The van der Waals surface area contributed by atoms with Crippen molar-refractivity contribution in [3.05, 3.63) is 66.1 Å². The van der Waals surface area contributed by atoms with Crippen molar-refractivity contribution in [2.45, 2.75) is 13.0 Å². The molecule has 0 aliphatic carbocycles. The van der Waals surface area contributed by atoms with Crippen molar-refractivity contribution in [2.24, 2.45) is 0 Å². The lowest BCUT2D eigenvalue weighted by molar-refractivity contribution is 0.183. The van der Waals surface area contributed by atoms with Crippen molar-refractivity contribution >= 4 is 10.8 Å². The molecule has 2 heterocycles. The molecule has 0 saturated carbocycles. The van der Waals surface area contributed by atoms with Gasteiger partial charge in [0.1, 0.15) is 18.1 Å². The molecule has 2 aromatic carbocycles. The number of ether oxygens (including phenoxy) is 1. The third-order valence-corrected chi connectivity index (χ3v) is 4.30. The SMILES string of the molecule is c1ccc2cc(OCCN3CCc4ccoc4C3)ccc2c1. The summed E-state index contributed by atoms with van der Waals surface area (Å²) in [6.45, 7) is 3.60. The van der Waals surface area contributed by atoms with Crippen LogP contribution in [0.1, 0.15) is 11.3 Å². The van der Waals surface area contributed by atoms with E-state index in [1.807, 2.05) is 6.07 Å². The van der Waals surface area contributed by atoms with Crippen LogP contribution in [0.4, 0.5) is 0 Å². The minimum absolute atomic E-state index is 0.703. The number of hydrogen-bond acceptors (Lipinski definition) is 3. The molecule has 4 rings (SSSR count). The minimum atomic E-state index is 0.703. The Morgan fingerprint density at radius 3 is 2.91 bits per heavy atom. The summed E-state index contributed by atoms with van der Waals surface area (Å²) in [5, 5.41) is 2.47. The minimum Gasteiger partial charge on any atom is -0.492 e. The maximum atomic E-state index is 5.91. The van der Waals surface area contributed by atoms with E-state index in [4.69, 9.17) is 9.15 Å². The average molecular weight is 293 g/mol. The van der Waals surface area contributed by atoms with Gasteiger partial charge in [-0.3, -0.25) is 4.90 Å². The van der Waals surface area contributed by atoms with Gasteiger partial charge >= 0.3 is 0 Å². The van der Waals surface area contributed by atoms with Crippen LogP contribution in [0, 0.1) is 0 Å². The van der Waals surface area contributed by atoms with Crippen molar-refractivity contribution in [1.29, 1.82) is 0 Å². The lowest BCUT2D eigenvalue weighted by atomic mass is 10.1. The molecular formula is C19H19NO2. The topological polar surface area (TPSA) is 25.6 Å². The first kappa shape index (κ1) is 13.4. The van der Waals surface area contributed by atoms with Crippen LogP contribution >= 0.6 is 0 Å². The molecule has 22 heavy (non-hydrogen) atoms. The molecule has 0 bridgehead atoms. The first-order chi connectivity index (χ1) is 10.9. The summed E-state index contributed by atoms with van der Waals surface area (Å²) in [6.07, 6.45) is 2.86.